The number of unbranched alkanes of at least 4 members (excludes halogenated alkanes) is 1. The highest BCUT2D eigenvalue weighted by Gasteiger charge is 2.17. The molecule has 0 bridgehead atoms. The highest BCUT2D eigenvalue weighted by atomic mass is 16.4. The van der Waals surface area contributed by atoms with Gasteiger partial charge in [-0.05, 0) is 43.9 Å². The van der Waals surface area contributed by atoms with Crippen LogP contribution in [0.25, 0.3) is 0 Å². The van der Waals surface area contributed by atoms with Gasteiger partial charge in [0.15, 0.2) is 0 Å². The van der Waals surface area contributed by atoms with Crippen LogP contribution in [0, 0.1) is 12.8 Å². The van der Waals surface area contributed by atoms with Crippen molar-refractivity contribution in [2.24, 2.45) is 5.92 Å². The van der Waals surface area contributed by atoms with Crippen LogP contribution in [-0.4, -0.2) is 17.6 Å². The number of para-hydroxylation sites is 1. The van der Waals surface area contributed by atoms with Crippen LogP contribution < -0.4 is 5.32 Å². The standard InChI is InChI=1S/C20H25NO2/c1-16-10-12-17(13-11-16)15-18(20(22)23)7-5-6-14-21-19-8-3-2-4-9-19/h2-4,8-13,18,21H,5-7,14-15H2,1H3,(H,22,23). The van der Waals surface area contributed by atoms with E-state index in [-0.39, 0.29) is 5.92 Å². The van der Waals surface area contributed by atoms with E-state index in [1.807, 2.05) is 61.5 Å². The van der Waals surface area contributed by atoms with Gasteiger partial charge in [-0.3, -0.25) is 4.79 Å². The molecule has 0 fully saturated rings. The SMILES string of the molecule is Cc1ccc(CC(CCCCNc2ccccc2)C(=O)O)cc1. The van der Waals surface area contributed by atoms with Gasteiger partial charge in [0.1, 0.15) is 0 Å². The van der Waals surface area contributed by atoms with Gasteiger partial charge in [-0.25, -0.2) is 0 Å². The van der Waals surface area contributed by atoms with E-state index in [9.17, 15) is 9.90 Å². The van der Waals surface area contributed by atoms with Gasteiger partial charge in [-0.2, -0.15) is 0 Å². The summed E-state index contributed by atoms with van der Waals surface area (Å²) in [6.45, 7) is 2.92. The lowest BCUT2D eigenvalue weighted by atomic mass is 9.94. The normalized spacial score (nSPS) is 11.9. The number of hydrogen-bond acceptors (Lipinski definition) is 2. The Kier molecular flexibility index (Phi) is 6.67. The number of rotatable bonds is 9. The summed E-state index contributed by atoms with van der Waals surface area (Å²) in [6.07, 6.45) is 3.23. The third-order valence-corrected chi connectivity index (χ3v) is 4.03. The van der Waals surface area contributed by atoms with Crippen LogP contribution in [0.3, 0.4) is 0 Å². The van der Waals surface area contributed by atoms with Gasteiger partial charge in [0, 0.05) is 12.2 Å². The molecule has 0 aliphatic carbocycles. The molecule has 122 valence electrons. The first-order valence-corrected chi connectivity index (χ1v) is 8.22. The largest absolute Gasteiger partial charge is 0.481 e. The third kappa shape index (κ3) is 6.15. The van der Waals surface area contributed by atoms with E-state index in [1.54, 1.807) is 0 Å². The Morgan fingerprint density at radius 1 is 1.04 bits per heavy atom. The van der Waals surface area contributed by atoms with Crippen molar-refractivity contribution in [2.45, 2.75) is 32.6 Å². The zero-order valence-corrected chi connectivity index (χ0v) is 13.7. The molecule has 23 heavy (non-hydrogen) atoms. The Hall–Kier alpha value is -2.29. The van der Waals surface area contributed by atoms with Crippen LogP contribution in [0.4, 0.5) is 5.69 Å². The molecule has 0 radical (unpaired) electrons. The number of benzene rings is 2. The number of carbonyl (C=O) groups is 1. The maximum Gasteiger partial charge on any atom is 0.306 e. The van der Waals surface area contributed by atoms with E-state index in [1.165, 1.54) is 5.56 Å². The summed E-state index contributed by atoms with van der Waals surface area (Å²) >= 11 is 0. The van der Waals surface area contributed by atoms with E-state index in [2.05, 4.69) is 5.32 Å². The van der Waals surface area contributed by atoms with Crippen LogP contribution in [0.5, 0.6) is 0 Å². The van der Waals surface area contributed by atoms with E-state index in [0.29, 0.717) is 6.42 Å². The molecule has 0 aliphatic rings. The van der Waals surface area contributed by atoms with Crippen molar-refractivity contribution in [2.75, 3.05) is 11.9 Å². The van der Waals surface area contributed by atoms with Crippen molar-refractivity contribution in [1.29, 1.82) is 0 Å². The molecular formula is C20H25NO2. The predicted octanol–water partition coefficient (Wildman–Crippen LogP) is 4.52. The topological polar surface area (TPSA) is 49.3 Å². The molecule has 3 heteroatoms. The fraction of sp³-hybridized carbons (Fsp3) is 0.350. The van der Waals surface area contributed by atoms with Crippen molar-refractivity contribution >= 4 is 11.7 Å². The number of carboxylic acids is 1. The fourth-order valence-corrected chi connectivity index (χ4v) is 2.63. The first kappa shape index (κ1) is 17.1. The van der Waals surface area contributed by atoms with Gasteiger partial charge >= 0.3 is 5.97 Å². The lowest BCUT2D eigenvalue weighted by molar-refractivity contribution is -0.142. The molecular weight excluding hydrogens is 286 g/mol. The van der Waals surface area contributed by atoms with Crippen molar-refractivity contribution in [1.82, 2.24) is 0 Å². The van der Waals surface area contributed by atoms with Crippen LogP contribution in [0.15, 0.2) is 54.6 Å². The maximum atomic E-state index is 11.4. The van der Waals surface area contributed by atoms with Gasteiger partial charge < -0.3 is 10.4 Å². The molecule has 0 aromatic heterocycles. The van der Waals surface area contributed by atoms with Gasteiger partial charge in [-0.15, -0.1) is 0 Å². The van der Waals surface area contributed by atoms with Crippen molar-refractivity contribution in [3.63, 3.8) is 0 Å². The summed E-state index contributed by atoms with van der Waals surface area (Å²) in [5.74, 6) is -0.990. The van der Waals surface area contributed by atoms with Crippen LogP contribution in [0.2, 0.25) is 0 Å². The van der Waals surface area contributed by atoms with Crippen LogP contribution >= 0.6 is 0 Å². The number of anilines is 1. The monoisotopic (exact) mass is 311 g/mol. The van der Waals surface area contributed by atoms with Crippen molar-refractivity contribution < 1.29 is 9.90 Å². The van der Waals surface area contributed by atoms with Crippen molar-refractivity contribution in [3.8, 4) is 0 Å². The summed E-state index contributed by atoms with van der Waals surface area (Å²) in [5.41, 5.74) is 3.42. The molecule has 0 aliphatic heterocycles. The van der Waals surface area contributed by atoms with E-state index in [4.69, 9.17) is 0 Å². The Morgan fingerprint density at radius 2 is 1.74 bits per heavy atom. The Labute approximate surface area is 138 Å². The number of nitrogens with one attached hydrogen (secondary N) is 1. The number of carboxylic acid groups (broad SMARTS) is 1. The summed E-state index contributed by atoms with van der Waals surface area (Å²) < 4.78 is 0. The van der Waals surface area contributed by atoms with Gasteiger partial charge in [0.25, 0.3) is 0 Å². The summed E-state index contributed by atoms with van der Waals surface area (Å²) in [4.78, 5) is 11.4. The number of aliphatic carboxylic acids is 1. The Bertz CT molecular complexity index is 593. The molecule has 2 rings (SSSR count). The molecule has 3 nitrogen and oxygen atoms in total. The number of aryl methyl sites for hydroxylation is 1. The second kappa shape index (κ2) is 8.99. The Balaban J connectivity index is 1.72. The minimum absolute atomic E-state index is 0.297. The zero-order chi connectivity index (χ0) is 16.5. The number of hydrogen-bond donors (Lipinski definition) is 2. The lowest BCUT2D eigenvalue weighted by Crippen LogP contribution is -2.17. The first-order chi connectivity index (χ1) is 11.1. The highest BCUT2D eigenvalue weighted by molar-refractivity contribution is 5.70. The van der Waals surface area contributed by atoms with E-state index >= 15 is 0 Å². The molecule has 0 saturated heterocycles. The minimum atomic E-state index is -0.693. The molecule has 2 N–H and O–H groups in total. The predicted molar refractivity (Wildman–Crippen MR) is 94.8 cm³/mol. The first-order valence-electron chi connectivity index (χ1n) is 8.22. The molecule has 2 aromatic rings. The van der Waals surface area contributed by atoms with Gasteiger partial charge in [0.05, 0.1) is 5.92 Å². The second-order valence-corrected chi connectivity index (χ2v) is 6.01. The maximum absolute atomic E-state index is 11.4. The molecule has 0 amide bonds. The Morgan fingerprint density at radius 3 is 2.39 bits per heavy atom. The molecule has 0 spiro atoms. The summed E-state index contributed by atoms with van der Waals surface area (Å²) in [6, 6.07) is 18.2. The van der Waals surface area contributed by atoms with Crippen LogP contribution in [0.1, 0.15) is 30.4 Å². The van der Waals surface area contributed by atoms with Crippen LogP contribution in [-0.2, 0) is 11.2 Å². The quantitative estimate of drug-likeness (QED) is 0.669. The van der Waals surface area contributed by atoms with Crippen molar-refractivity contribution in [3.05, 3.63) is 65.7 Å². The zero-order valence-electron chi connectivity index (χ0n) is 13.7. The molecule has 2 aromatic carbocycles. The van der Waals surface area contributed by atoms with E-state index in [0.717, 1.165) is 37.1 Å². The average molecular weight is 311 g/mol. The molecule has 0 saturated carbocycles. The van der Waals surface area contributed by atoms with Gasteiger partial charge in [-0.1, -0.05) is 54.4 Å². The summed E-state index contributed by atoms with van der Waals surface area (Å²) in [7, 11) is 0. The van der Waals surface area contributed by atoms with Gasteiger partial charge in [0.2, 0.25) is 0 Å². The molecule has 0 heterocycles. The molecule has 1 unspecified atom stereocenters. The molecule has 1 atom stereocenters. The van der Waals surface area contributed by atoms with E-state index < -0.39 is 5.97 Å². The lowest BCUT2D eigenvalue weighted by Gasteiger charge is -2.13. The average Bonchev–Trinajstić information content (AvgIpc) is 2.56. The summed E-state index contributed by atoms with van der Waals surface area (Å²) in [5, 5.41) is 12.8. The third-order valence-electron chi connectivity index (χ3n) is 4.03. The second-order valence-electron chi connectivity index (χ2n) is 6.01. The fourth-order valence-electron chi connectivity index (χ4n) is 2.63. The smallest absolute Gasteiger partial charge is 0.306 e. The minimum Gasteiger partial charge on any atom is -0.481 e. The highest BCUT2D eigenvalue weighted by Crippen LogP contribution is 2.17.